The van der Waals surface area contributed by atoms with Gasteiger partial charge in [-0.15, -0.1) is 0 Å². The van der Waals surface area contributed by atoms with Crippen molar-refractivity contribution in [1.82, 2.24) is 5.32 Å². The molecule has 0 atom stereocenters. The zero-order valence-electron chi connectivity index (χ0n) is 9.64. The SMILES string of the molecule is CNCCCC(=O)Nc1ccc(Br)c(C)c1. The van der Waals surface area contributed by atoms with E-state index in [2.05, 4.69) is 26.6 Å². The van der Waals surface area contributed by atoms with E-state index in [-0.39, 0.29) is 5.91 Å². The first-order valence-electron chi connectivity index (χ1n) is 5.34. The highest BCUT2D eigenvalue weighted by molar-refractivity contribution is 9.10. The molecule has 0 aliphatic rings. The van der Waals surface area contributed by atoms with E-state index in [4.69, 9.17) is 0 Å². The van der Waals surface area contributed by atoms with E-state index in [0.717, 1.165) is 28.7 Å². The maximum atomic E-state index is 11.5. The minimum Gasteiger partial charge on any atom is -0.326 e. The standard InChI is InChI=1S/C12H17BrN2O/c1-9-8-10(5-6-11(9)13)15-12(16)4-3-7-14-2/h5-6,8,14H,3-4,7H2,1-2H3,(H,15,16). The summed E-state index contributed by atoms with van der Waals surface area (Å²) in [7, 11) is 1.88. The Hall–Kier alpha value is -0.870. The molecule has 0 fully saturated rings. The van der Waals surface area contributed by atoms with Crippen molar-refractivity contribution in [2.45, 2.75) is 19.8 Å². The van der Waals surface area contributed by atoms with Crippen LogP contribution >= 0.6 is 15.9 Å². The van der Waals surface area contributed by atoms with E-state index in [1.807, 2.05) is 32.2 Å². The van der Waals surface area contributed by atoms with E-state index in [1.54, 1.807) is 0 Å². The largest absolute Gasteiger partial charge is 0.326 e. The van der Waals surface area contributed by atoms with Gasteiger partial charge in [-0.1, -0.05) is 15.9 Å². The van der Waals surface area contributed by atoms with Crippen molar-refractivity contribution in [2.75, 3.05) is 18.9 Å². The fourth-order valence-electron chi connectivity index (χ4n) is 1.37. The molecule has 0 unspecified atom stereocenters. The Labute approximate surface area is 105 Å². The zero-order valence-corrected chi connectivity index (χ0v) is 11.2. The third-order valence-electron chi connectivity index (χ3n) is 2.27. The first-order chi connectivity index (χ1) is 7.63. The van der Waals surface area contributed by atoms with Gasteiger partial charge < -0.3 is 10.6 Å². The molecule has 1 aromatic rings. The van der Waals surface area contributed by atoms with Crippen LogP contribution in [0.5, 0.6) is 0 Å². The molecule has 0 saturated carbocycles. The quantitative estimate of drug-likeness (QED) is 0.817. The molecule has 0 aliphatic carbocycles. The van der Waals surface area contributed by atoms with Gasteiger partial charge in [-0.05, 0) is 50.7 Å². The summed E-state index contributed by atoms with van der Waals surface area (Å²) in [6.07, 6.45) is 1.41. The van der Waals surface area contributed by atoms with Gasteiger partial charge in [0.05, 0.1) is 0 Å². The van der Waals surface area contributed by atoms with E-state index >= 15 is 0 Å². The molecule has 1 rings (SSSR count). The lowest BCUT2D eigenvalue weighted by molar-refractivity contribution is -0.116. The maximum Gasteiger partial charge on any atom is 0.224 e. The topological polar surface area (TPSA) is 41.1 Å². The highest BCUT2D eigenvalue weighted by Crippen LogP contribution is 2.20. The van der Waals surface area contributed by atoms with Crippen LogP contribution in [0.4, 0.5) is 5.69 Å². The van der Waals surface area contributed by atoms with Gasteiger partial charge in [0.15, 0.2) is 0 Å². The molecular weight excluding hydrogens is 268 g/mol. The minimum absolute atomic E-state index is 0.0666. The Bertz CT molecular complexity index is 366. The van der Waals surface area contributed by atoms with Crippen molar-refractivity contribution in [3.8, 4) is 0 Å². The summed E-state index contributed by atoms with van der Waals surface area (Å²) in [5, 5.41) is 5.90. The molecular formula is C12H17BrN2O. The van der Waals surface area contributed by atoms with Crippen LogP contribution in [-0.4, -0.2) is 19.5 Å². The van der Waals surface area contributed by atoms with Crippen LogP contribution in [0.15, 0.2) is 22.7 Å². The summed E-state index contributed by atoms with van der Waals surface area (Å²) < 4.78 is 1.06. The fraction of sp³-hybridized carbons (Fsp3) is 0.417. The predicted octanol–water partition coefficient (Wildman–Crippen LogP) is 2.70. The van der Waals surface area contributed by atoms with Crippen molar-refractivity contribution >= 4 is 27.5 Å². The van der Waals surface area contributed by atoms with E-state index < -0.39 is 0 Å². The van der Waals surface area contributed by atoms with Crippen molar-refractivity contribution in [3.63, 3.8) is 0 Å². The molecule has 0 radical (unpaired) electrons. The second-order valence-corrected chi connectivity index (χ2v) is 4.57. The molecule has 0 bridgehead atoms. The second kappa shape index (κ2) is 6.66. The molecule has 1 aromatic carbocycles. The van der Waals surface area contributed by atoms with Gasteiger partial charge in [-0.3, -0.25) is 4.79 Å². The third-order valence-corrected chi connectivity index (χ3v) is 3.16. The number of aryl methyl sites for hydroxylation is 1. The van der Waals surface area contributed by atoms with Crippen molar-refractivity contribution in [2.24, 2.45) is 0 Å². The smallest absolute Gasteiger partial charge is 0.224 e. The summed E-state index contributed by atoms with van der Waals surface area (Å²) in [6, 6.07) is 5.80. The Kier molecular flexibility index (Phi) is 5.49. The number of anilines is 1. The number of nitrogens with one attached hydrogen (secondary N) is 2. The third kappa shape index (κ3) is 4.33. The number of carbonyl (C=O) groups excluding carboxylic acids is 1. The van der Waals surface area contributed by atoms with E-state index in [1.165, 1.54) is 0 Å². The van der Waals surface area contributed by atoms with Crippen molar-refractivity contribution in [3.05, 3.63) is 28.2 Å². The molecule has 88 valence electrons. The van der Waals surface area contributed by atoms with E-state index in [9.17, 15) is 4.79 Å². The average molecular weight is 285 g/mol. The number of amides is 1. The number of rotatable bonds is 5. The average Bonchev–Trinajstić information content (AvgIpc) is 2.24. The van der Waals surface area contributed by atoms with Crippen LogP contribution in [0, 0.1) is 6.92 Å². The monoisotopic (exact) mass is 284 g/mol. The molecule has 0 aliphatic heterocycles. The lowest BCUT2D eigenvalue weighted by Crippen LogP contribution is -2.15. The fourth-order valence-corrected chi connectivity index (χ4v) is 1.62. The van der Waals surface area contributed by atoms with Crippen LogP contribution < -0.4 is 10.6 Å². The number of benzene rings is 1. The normalized spacial score (nSPS) is 10.2. The molecule has 2 N–H and O–H groups in total. The summed E-state index contributed by atoms with van der Waals surface area (Å²) in [4.78, 5) is 11.5. The van der Waals surface area contributed by atoms with Gasteiger partial charge in [-0.2, -0.15) is 0 Å². The van der Waals surface area contributed by atoms with Crippen LogP contribution in [0.1, 0.15) is 18.4 Å². The van der Waals surface area contributed by atoms with Gasteiger partial charge in [0.1, 0.15) is 0 Å². The Balaban J connectivity index is 2.46. The number of carbonyl (C=O) groups is 1. The second-order valence-electron chi connectivity index (χ2n) is 3.72. The molecule has 3 nitrogen and oxygen atoms in total. The Morgan fingerprint density at radius 1 is 1.44 bits per heavy atom. The molecule has 0 heterocycles. The van der Waals surface area contributed by atoms with Gasteiger partial charge in [0.2, 0.25) is 5.91 Å². The van der Waals surface area contributed by atoms with Crippen LogP contribution in [0.25, 0.3) is 0 Å². The van der Waals surface area contributed by atoms with Crippen LogP contribution in [0.3, 0.4) is 0 Å². The molecule has 4 heteroatoms. The number of halogens is 1. The van der Waals surface area contributed by atoms with Crippen LogP contribution in [0.2, 0.25) is 0 Å². The number of hydrogen-bond acceptors (Lipinski definition) is 2. The predicted molar refractivity (Wildman–Crippen MR) is 70.7 cm³/mol. The van der Waals surface area contributed by atoms with Gasteiger partial charge in [0, 0.05) is 16.6 Å². The maximum absolute atomic E-state index is 11.5. The summed E-state index contributed by atoms with van der Waals surface area (Å²) >= 11 is 3.43. The molecule has 0 spiro atoms. The Morgan fingerprint density at radius 3 is 2.81 bits per heavy atom. The van der Waals surface area contributed by atoms with Crippen molar-refractivity contribution in [1.29, 1.82) is 0 Å². The molecule has 16 heavy (non-hydrogen) atoms. The first-order valence-corrected chi connectivity index (χ1v) is 6.13. The zero-order chi connectivity index (χ0) is 12.0. The summed E-state index contributed by atoms with van der Waals surface area (Å²) in [5.41, 5.74) is 1.98. The van der Waals surface area contributed by atoms with Gasteiger partial charge in [-0.25, -0.2) is 0 Å². The number of hydrogen-bond donors (Lipinski definition) is 2. The molecule has 1 amide bonds. The Morgan fingerprint density at radius 2 is 2.19 bits per heavy atom. The molecule has 0 saturated heterocycles. The highest BCUT2D eigenvalue weighted by Gasteiger charge is 2.02. The minimum atomic E-state index is 0.0666. The summed E-state index contributed by atoms with van der Waals surface area (Å²) in [5.74, 6) is 0.0666. The van der Waals surface area contributed by atoms with E-state index in [0.29, 0.717) is 6.42 Å². The lowest BCUT2D eigenvalue weighted by atomic mass is 10.2. The van der Waals surface area contributed by atoms with Crippen molar-refractivity contribution < 1.29 is 4.79 Å². The van der Waals surface area contributed by atoms with Crippen LogP contribution in [-0.2, 0) is 4.79 Å². The summed E-state index contributed by atoms with van der Waals surface area (Å²) in [6.45, 7) is 2.87. The highest BCUT2D eigenvalue weighted by atomic mass is 79.9. The molecule has 0 aromatic heterocycles. The van der Waals surface area contributed by atoms with Gasteiger partial charge >= 0.3 is 0 Å². The lowest BCUT2D eigenvalue weighted by Gasteiger charge is -2.06. The first kappa shape index (κ1) is 13.2. The van der Waals surface area contributed by atoms with Gasteiger partial charge in [0.25, 0.3) is 0 Å².